The molecule has 4 heteroatoms. The standard InChI is InChI=1S/C14H23O3P/c1-5-16-18(15,17-6-2)11-13(4)14-9-7-12(3)8-10-14/h7-10,13H,5-6,11H2,1-4H3/t13-/m1/s1. The van der Waals surface area contributed by atoms with E-state index in [1.807, 2.05) is 13.8 Å². The van der Waals surface area contributed by atoms with Gasteiger partial charge in [-0.15, -0.1) is 0 Å². The zero-order chi connectivity index (χ0) is 13.6. The normalized spacial score (nSPS) is 13.6. The smallest absolute Gasteiger partial charge is 0.309 e. The molecule has 0 aromatic heterocycles. The molecule has 1 aromatic rings. The van der Waals surface area contributed by atoms with Crippen LogP contribution in [0, 0.1) is 6.92 Å². The summed E-state index contributed by atoms with van der Waals surface area (Å²) >= 11 is 0. The number of hydrogen-bond donors (Lipinski definition) is 0. The van der Waals surface area contributed by atoms with E-state index in [1.165, 1.54) is 11.1 Å². The van der Waals surface area contributed by atoms with Crippen LogP contribution in [-0.4, -0.2) is 19.4 Å². The van der Waals surface area contributed by atoms with Crippen LogP contribution in [0.5, 0.6) is 0 Å². The predicted octanol–water partition coefficient (Wildman–Crippen LogP) is 4.36. The molecule has 0 N–H and O–H groups in total. The maximum atomic E-state index is 12.4. The Morgan fingerprint density at radius 1 is 1.11 bits per heavy atom. The Balaban J connectivity index is 2.74. The van der Waals surface area contributed by atoms with Crippen LogP contribution in [0.25, 0.3) is 0 Å². The van der Waals surface area contributed by atoms with E-state index in [4.69, 9.17) is 9.05 Å². The van der Waals surface area contributed by atoms with E-state index in [9.17, 15) is 4.57 Å². The summed E-state index contributed by atoms with van der Waals surface area (Å²) in [6.07, 6.45) is 0.428. The van der Waals surface area contributed by atoms with Gasteiger partial charge in [0.15, 0.2) is 0 Å². The van der Waals surface area contributed by atoms with Gasteiger partial charge in [-0.1, -0.05) is 36.8 Å². The van der Waals surface area contributed by atoms with Crippen LogP contribution < -0.4 is 0 Å². The molecule has 0 unspecified atom stereocenters. The highest BCUT2D eigenvalue weighted by molar-refractivity contribution is 7.53. The molecule has 1 rings (SSSR count). The topological polar surface area (TPSA) is 35.5 Å². The lowest BCUT2D eigenvalue weighted by Gasteiger charge is -2.21. The molecule has 0 aliphatic rings. The first-order valence-corrected chi connectivity index (χ1v) is 8.18. The Labute approximate surface area is 110 Å². The Kier molecular flexibility index (Phi) is 6.07. The van der Waals surface area contributed by atoms with Gasteiger partial charge in [-0.2, -0.15) is 0 Å². The van der Waals surface area contributed by atoms with Crippen LogP contribution in [-0.2, 0) is 13.6 Å². The van der Waals surface area contributed by atoms with Crippen molar-refractivity contribution in [3.05, 3.63) is 35.4 Å². The van der Waals surface area contributed by atoms with Gasteiger partial charge < -0.3 is 9.05 Å². The van der Waals surface area contributed by atoms with E-state index in [1.54, 1.807) is 0 Å². The quantitative estimate of drug-likeness (QED) is 0.690. The van der Waals surface area contributed by atoms with Crippen molar-refractivity contribution in [2.45, 2.75) is 33.6 Å². The second-order valence-electron chi connectivity index (χ2n) is 4.44. The molecule has 102 valence electrons. The lowest BCUT2D eigenvalue weighted by Crippen LogP contribution is -2.06. The monoisotopic (exact) mass is 270 g/mol. The van der Waals surface area contributed by atoms with Crippen LogP contribution >= 0.6 is 7.60 Å². The molecule has 0 aliphatic heterocycles. The van der Waals surface area contributed by atoms with Crippen molar-refractivity contribution in [2.75, 3.05) is 19.4 Å². The Bertz CT molecular complexity index is 390. The van der Waals surface area contributed by atoms with Gasteiger partial charge in [0, 0.05) is 0 Å². The van der Waals surface area contributed by atoms with Crippen molar-refractivity contribution >= 4 is 7.60 Å². The van der Waals surface area contributed by atoms with Gasteiger partial charge in [-0.05, 0) is 32.3 Å². The van der Waals surface area contributed by atoms with Crippen LogP contribution in [0.15, 0.2) is 24.3 Å². The maximum absolute atomic E-state index is 12.4. The SMILES string of the molecule is CCOP(=O)(C[C@@H](C)c1ccc(C)cc1)OCC. The first-order chi connectivity index (χ1) is 8.50. The van der Waals surface area contributed by atoms with Gasteiger partial charge >= 0.3 is 7.60 Å². The van der Waals surface area contributed by atoms with Crippen molar-refractivity contribution in [1.82, 2.24) is 0 Å². The van der Waals surface area contributed by atoms with Gasteiger partial charge in [-0.3, -0.25) is 4.57 Å². The van der Waals surface area contributed by atoms with Crippen LogP contribution in [0.2, 0.25) is 0 Å². The average Bonchev–Trinajstić information content (AvgIpc) is 2.30. The highest BCUT2D eigenvalue weighted by Gasteiger charge is 2.27. The summed E-state index contributed by atoms with van der Waals surface area (Å²) in [4.78, 5) is 0. The van der Waals surface area contributed by atoms with Crippen LogP contribution in [0.1, 0.15) is 37.8 Å². The minimum Gasteiger partial charge on any atom is -0.309 e. The first-order valence-electron chi connectivity index (χ1n) is 6.45. The number of rotatable bonds is 7. The minimum atomic E-state index is -2.95. The molecule has 0 saturated heterocycles. The lowest BCUT2D eigenvalue weighted by atomic mass is 10.0. The summed E-state index contributed by atoms with van der Waals surface area (Å²) in [7, 11) is -2.95. The Morgan fingerprint density at radius 3 is 2.06 bits per heavy atom. The van der Waals surface area contributed by atoms with Gasteiger partial charge in [-0.25, -0.2) is 0 Å². The molecule has 0 saturated carbocycles. The summed E-state index contributed by atoms with van der Waals surface area (Å²) in [5.41, 5.74) is 2.39. The highest BCUT2D eigenvalue weighted by atomic mass is 31.2. The van der Waals surface area contributed by atoms with Crippen molar-refractivity contribution in [3.63, 3.8) is 0 Å². The first kappa shape index (κ1) is 15.4. The summed E-state index contributed by atoms with van der Waals surface area (Å²) in [5.74, 6) is 0.162. The van der Waals surface area contributed by atoms with Crippen LogP contribution in [0.4, 0.5) is 0 Å². The van der Waals surface area contributed by atoms with Crippen LogP contribution in [0.3, 0.4) is 0 Å². The van der Waals surface area contributed by atoms with Gasteiger partial charge in [0.1, 0.15) is 0 Å². The summed E-state index contributed by atoms with van der Waals surface area (Å²) in [6.45, 7) is 8.61. The third kappa shape index (κ3) is 4.56. The number of hydrogen-bond acceptors (Lipinski definition) is 3. The zero-order valence-electron chi connectivity index (χ0n) is 11.7. The number of benzene rings is 1. The molecule has 1 aromatic carbocycles. The van der Waals surface area contributed by atoms with Crippen molar-refractivity contribution in [1.29, 1.82) is 0 Å². The molecular formula is C14H23O3P. The van der Waals surface area contributed by atoms with E-state index in [2.05, 4.69) is 38.1 Å². The molecular weight excluding hydrogens is 247 g/mol. The van der Waals surface area contributed by atoms with Crippen molar-refractivity contribution in [3.8, 4) is 0 Å². The fourth-order valence-corrected chi connectivity index (χ4v) is 3.83. The Morgan fingerprint density at radius 2 is 1.61 bits per heavy atom. The third-order valence-electron chi connectivity index (χ3n) is 2.80. The predicted molar refractivity (Wildman–Crippen MR) is 75.3 cm³/mol. The van der Waals surface area contributed by atoms with E-state index < -0.39 is 7.60 Å². The van der Waals surface area contributed by atoms with E-state index in [0.717, 1.165) is 0 Å². The molecule has 18 heavy (non-hydrogen) atoms. The summed E-state index contributed by atoms with van der Waals surface area (Å²) < 4.78 is 23.1. The molecule has 0 fully saturated rings. The van der Waals surface area contributed by atoms with Crippen molar-refractivity contribution in [2.24, 2.45) is 0 Å². The molecule has 0 spiro atoms. The molecule has 0 radical (unpaired) electrons. The largest absolute Gasteiger partial charge is 0.331 e. The lowest BCUT2D eigenvalue weighted by molar-refractivity contribution is 0.219. The van der Waals surface area contributed by atoms with Crippen molar-refractivity contribution < 1.29 is 13.6 Å². The third-order valence-corrected chi connectivity index (χ3v) is 5.09. The van der Waals surface area contributed by atoms with Gasteiger partial charge in [0.2, 0.25) is 0 Å². The molecule has 1 atom stereocenters. The second kappa shape index (κ2) is 7.08. The molecule has 0 aliphatic carbocycles. The van der Waals surface area contributed by atoms with Gasteiger partial charge in [0.25, 0.3) is 0 Å². The summed E-state index contributed by atoms with van der Waals surface area (Å²) in [6, 6.07) is 8.28. The Hall–Kier alpha value is -0.630. The fourth-order valence-electron chi connectivity index (χ4n) is 1.87. The average molecular weight is 270 g/mol. The van der Waals surface area contributed by atoms with E-state index in [-0.39, 0.29) is 5.92 Å². The maximum Gasteiger partial charge on any atom is 0.331 e. The van der Waals surface area contributed by atoms with E-state index >= 15 is 0 Å². The second-order valence-corrected chi connectivity index (χ2v) is 6.54. The minimum absolute atomic E-state index is 0.162. The van der Waals surface area contributed by atoms with E-state index in [0.29, 0.717) is 19.4 Å². The molecule has 3 nitrogen and oxygen atoms in total. The van der Waals surface area contributed by atoms with Gasteiger partial charge in [0.05, 0.1) is 19.4 Å². The molecule has 0 heterocycles. The zero-order valence-corrected chi connectivity index (χ0v) is 12.6. The molecule has 0 bridgehead atoms. The molecule has 0 amide bonds. The summed E-state index contributed by atoms with van der Waals surface area (Å²) in [5, 5.41) is 0. The fraction of sp³-hybridized carbons (Fsp3) is 0.571. The highest BCUT2D eigenvalue weighted by Crippen LogP contribution is 2.51. The number of aryl methyl sites for hydroxylation is 1.